The van der Waals surface area contributed by atoms with Gasteiger partial charge >= 0.3 is 0 Å². The second-order valence-corrected chi connectivity index (χ2v) is 21.7. The molecule has 74 heavy (non-hydrogen) atoms. The van der Waals surface area contributed by atoms with Crippen LogP contribution >= 0.6 is 0 Å². The molecule has 4 heterocycles. The Morgan fingerprint density at radius 2 is 0.905 bits per heavy atom. The van der Waals surface area contributed by atoms with Gasteiger partial charge in [-0.25, -0.2) is 0 Å². The third-order valence-electron chi connectivity index (χ3n) is 13.9. The molecule has 398 valence electrons. The normalized spacial score (nSPS) is 22.1. The number of hydrogen-bond acceptors (Lipinski definition) is 12. The maximum absolute atomic E-state index is 14.5. The standard InChI is InChI=1S/C54H72N10O10/c1-53(2,3)45(61-43(65)27-55-7)51(71)63-29-33(25-39(63)49(69)59-37-21-23-73-41-15-11-9-13-35(37)41)57-47(67)31-17-19-32(20-18-31)48(68)58-34-26-40(50(70)60-38-22-24-74-42-16-12-10-14-36(38)42)64(30-34)52(72)46(54(4,5)6)62-44(66)28-56-8/h9-20,33-34,37-40,45-46,55-56H,21-30H2,1-8H3,(H,57,67)(H,58,68)(H,59,69)(H,60,70)(H,61,65)(H,62,66). The van der Waals surface area contributed by atoms with Crippen molar-refractivity contribution in [1.82, 2.24) is 52.3 Å². The Morgan fingerprint density at radius 3 is 1.26 bits per heavy atom. The lowest BCUT2D eigenvalue weighted by Gasteiger charge is -2.36. The molecular weight excluding hydrogens is 949 g/mol. The van der Waals surface area contributed by atoms with Gasteiger partial charge in [-0.2, -0.15) is 0 Å². The van der Waals surface area contributed by atoms with E-state index in [0.29, 0.717) is 37.6 Å². The Bertz CT molecular complexity index is 2400. The second-order valence-electron chi connectivity index (χ2n) is 21.7. The van der Waals surface area contributed by atoms with Crippen molar-refractivity contribution in [3.8, 4) is 11.5 Å². The third kappa shape index (κ3) is 13.0. The number of ether oxygens (including phenoxy) is 2. The molecule has 4 aliphatic rings. The van der Waals surface area contributed by atoms with Crippen LogP contribution < -0.4 is 52.0 Å². The van der Waals surface area contributed by atoms with E-state index in [1.54, 1.807) is 14.1 Å². The molecule has 0 bridgehead atoms. The number of nitrogens with zero attached hydrogens (tertiary/aromatic N) is 2. The van der Waals surface area contributed by atoms with Crippen LogP contribution in [0.25, 0.3) is 0 Å². The van der Waals surface area contributed by atoms with Gasteiger partial charge in [0.2, 0.25) is 35.4 Å². The first-order valence-corrected chi connectivity index (χ1v) is 25.4. The SMILES string of the molecule is CNCC(=O)NC(C(=O)N1CC(NC(=O)c2ccc(C(=O)NC3CC(C(=O)NC4CCOc5ccccc54)N(C(=O)C(NC(=O)CNC)C(C)(C)C)C3)cc2)CC1C(=O)NC1CCOc2ccccc21)C(C)(C)C. The number of para-hydroxylation sites is 2. The Labute approximate surface area is 432 Å². The van der Waals surface area contributed by atoms with Gasteiger partial charge in [-0.15, -0.1) is 0 Å². The van der Waals surface area contributed by atoms with Crippen molar-refractivity contribution in [3.05, 3.63) is 95.1 Å². The van der Waals surface area contributed by atoms with Crippen molar-refractivity contribution < 1.29 is 47.8 Å². The molecule has 4 aliphatic heterocycles. The molecule has 8 atom stereocenters. The molecule has 0 spiro atoms. The van der Waals surface area contributed by atoms with Crippen molar-refractivity contribution in [2.45, 2.75) is 116 Å². The molecule has 0 aromatic heterocycles. The highest BCUT2D eigenvalue weighted by Gasteiger charge is 2.48. The third-order valence-corrected chi connectivity index (χ3v) is 13.9. The van der Waals surface area contributed by atoms with Crippen LogP contribution in [0.4, 0.5) is 0 Å². The molecule has 2 fully saturated rings. The lowest BCUT2D eigenvalue weighted by atomic mass is 9.85. The van der Waals surface area contributed by atoms with Gasteiger partial charge in [0, 0.05) is 60.3 Å². The lowest BCUT2D eigenvalue weighted by molar-refractivity contribution is -0.144. The minimum atomic E-state index is -0.988. The summed E-state index contributed by atoms with van der Waals surface area (Å²) in [6.07, 6.45) is 1.22. The number of likely N-dealkylation sites (tertiary alicyclic amines) is 2. The highest BCUT2D eigenvalue weighted by molar-refractivity contribution is 5.99. The highest BCUT2D eigenvalue weighted by Crippen LogP contribution is 2.35. The number of hydrogen-bond donors (Lipinski definition) is 8. The quantitative estimate of drug-likeness (QED) is 0.102. The lowest BCUT2D eigenvalue weighted by Crippen LogP contribution is -2.58. The molecule has 8 amide bonds. The zero-order valence-corrected chi connectivity index (χ0v) is 43.6. The summed E-state index contributed by atoms with van der Waals surface area (Å²) in [5.41, 5.74) is 0.600. The first kappa shape index (κ1) is 54.7. The largest absolute Gasteiger partial charge is 0.493 e. The monoisotopic (exact) mass is 1020 g/mol. The predicted octanol–water partition coefficient (Wildman–Crippen LogP) is 1.87. The molecule has 20 nitrogen and oxygen atoms in total. The molecule has 8 unspecified atom stereocenters. The molecular formula is C54H72N10O10. The fourth-order valence-corrected chi connectivity index (χ4v) is 10.1. The molecule has 0 aliphatic carbocycles. The Hall–Kier alpha value is -7.06. The van der Waals surface area contributed by atoms with Crippen LogP contribution in [0, 0.1) is 10.8 Å². The van der Waals surface area contributed by atoms with E-state index in [1.165, 1.54) is 34.1 Å². The van der Waals surface area contributed by atoms with Crippen molar-refractivity contribution in [1.29, 1.82) is 0 Å². The molecule has 0 radical (unpaired) electrons. The molecule has 0 saturated carbocycles. The van der Waals surface area contributed by atoms with Gasteiger partial charge in [0.25, 0.3) is 11.8 Å². The number of nitrogens with one attached hydrogen (secondary N) is 8. The van der Waals surface area contributed by atoms with Crippen LogP contribution in [-0.4, -0.2) is 147 Å². The van der Waals surface area contributed by atoms with Crippen molar-refractivity contribution >= 4 is 47.3 Å². The molecule has 8 N–H and O–H groups in total. The Morgan fingerprint density at radius 1 is 0.541 bits per heavy atom. The van der Waals surface area contributed by atoms with E-state index in [1.807, 2.05) is 90.1 Å². The van der Waals surface area contributed by atoms with Crippen molar-refractivity contribution in [3.63, 3.8) is 0 Å². The number of rotatable bonds is 16. The molecule has 3 aromatic carbocycles. The van der Waals surface area contributed by atoms with E-state index in [9.17, 15) is 38.4 Å². The fraction of sp³-hybridized carbons (Fsp3) is 0.519. The van der Waals surface area contributed by atoms with Gasteiger partial charge in [-0.3, -0.25) is 38.4 Å². The Balaban J connectivity index is 1.05. The minimum Gasteiger partial charge on any atom is -0.493 e. The van der Waals surface area contributed by atoms with E-state index in [2.05, 4.69) is 42.5 Å². The number of amides is 8. The van der Waals surface area contributed by atoms with Gasteiger partial charge in [-0.1, -0.05) is 77.9 Å². The van der Waals surface area contributed by atoms with Gasteiger partial charge in [0.1, 0.15) is 35.7 Å². The van der Waals surface area contributed by atoms with Crippen LogP contribution in [0.2, 0.25) is 0 Å². The molecule has 7 rings (SSSR count). The summed E-state index contributed by atoms with van der Waals surface area (Å²) in [6.45, 7) is 11.7. The summed E-state index contributed by atoms with van der Waals surface area (Å²) < 4.78 is 11.6. The molecule has 20 heteroatoms. The zero-order valence-electron chi connectivity index (χ0n) is 43.6. The number of fused-ring (bicyclic) bond motifs is 2. The van der Waals surface area contributed by atoms with Gasteiger partial charge in [-0.05, 0) is 74.2 Å². The van der Waals surface area contributed by atoms with E-state index < -0.39 is 82.5 Å². The number of benzene rings is 3. The Kier molecular flexibility index (Phi) is 17.3. The van der Waals surface area contributed by atoms with E-state index >= 15 is 0 Å². The van der Waals surface area contributed by atoms with Crippen LogP contribution in [-0.2, 0) is 28.8 Å². The van der Waals surface area contributed by atoms with Gasteiger partial charge in [0.15, 0.2) is 0 Å². The topological polar surface area (TPSA) is 258 Å². The smallest absolute Gasteiger partial charge is 0.251 e. The van der Waals surface area contributed by atoms with Crippen molar-refractivity contribution in [2.75, 3.05) is 53.5 Å². The summed E-state index contributed by atoms with van der Waals surface area (Å²) in [5, 5.41) is 23.5. The van der Waals surface area contributed by atoms with E-state index in [0.717, 1.165) is 11.1 Å². The van der Waals surface area contributed by atoms with Gasteiger partial charge < -0.3 is 61.8 Å². The average Bonchev–Trinajstić information content (AvgIpc) is 3.99. The predicted molar refractivity (Wildman–Crippen MR) is 275 cm³/mol. The summed E-state index contributed by atoms with van der Waals surface area (Å²) in [6, 6.07) is 14.9. The van der Waals surface area contributed by atoms with E-state index in [-0.39, 0.29) is 74.0 Å². The average molecular weight is 1020 g/mol. The van der Waals surface area contributed by atoms with Crippen LogP contribution in [0.15, 0.2) is 72.8 Å². The first-order valence-electron chi connectivity index (χ1n) is 25.4. The summed E-state index contributed by atoms with van der Waals surface area (Å²) in [7, 11) is 3.25. The fourth-order valence-electron chi connectivity index (χ4n) is 10.1. The highest BCUT2D eigenvalue weighted by atomic mass is 16.5. The molecule has 2 saturated heterocycles. The molecule has 3 aromatic rings. The maximum atomic E-state index is 14.5. The van der Waals surface area contributed by atoms with Crippen LogP contribution in [0.5, 0.6) is 11.5 Å². The number of carbonyl (C=O) groups is 8. The van der Waals surface area contributed by atoms with Crippen LogP contribution in [0.1, 0.15) is 111 Å². The number of likely N-dealkylation sites (N-methyl/N-ethyl adjacent to an activating group) is 2. The van der Waals surface area contributed by atoms with E-state index in [4.69, 9.17) is 9.47 Å². The number of carbonyl (C=O) groups excluding carboxylic acids is 8. The summed E-state index contributed by atoms with van der Waals surface area (Å²) in [5.74, 6) is -2.16. The summed E-state index contributed by atoms with van der Waals surface area (Å²) in [4.78, 5) is 114. The second kappa shape index (κ2) is 23.4. The van der Waals surface area contributed by atoms with Gasteiger partial charge in [0.05, 0.1) is 38.4 Å². The van der Waals surface area contributed by atoms with Crippen molar-refractivity contribution in [2.24, 2.45) is 10.8 Å². The summed E-state index contributed by atoms with van der Waals surface area (Å²) >= 11 is 0. The minimum absolute atomic E-state index is 0.0108. The van der Waals surface area contributed by atoms with Crippen LogP contribution in [0.3, 0.4) is 0 Å². The zero-order chi connectivity index (χ0) is 53.5. The first-order chi connectivity index (χ1) is 35.2. The maximum Gasteiger partial charge on any atom is 0.251 e.